The molecule has 0 radical (unpaired) electrons. The first-order chi connectivity index (χ1) is 11.5. The number of epoxide rings is 1. The van der Waals surface area contributed by atoms with Crippen LogP contribution in [0.25, 0.3) is 0 Å². The summed E-state index contributed by atoms with van der Waals surface area (Å²) in [5, 5.41) is 0. The Hall–Kier alpha value is -2.40. The van der Waals surface area contributed by atoms with E-state index in [1.165, 1.54) is 12.1 Å². The van der Waals surface area contributed by atoms with Gasteiger partial charge in [0.2, 0.25) is 0 Å². The Bertz CT molecular complexity index is 736. The summed E-state index contributed by atoms with van der Waals surface area (Å²) in [5.74, 6) is 0.0218. The fourth-order valence-electron chi connectivity index (χ4n) is 2.60. The van der Waals surface area contributed by atoms with Gasteiger partial charge < -0.3 is 14.2 Å². The van der Waals surface area contributed by atoms with Gasteiger partial charge in [-0.25, -0.2) is 4.39 Å². The van der Waals surface area contributed by atoms with E-state index in [4.69, 9.17) is 14.2 Å². The highest BCUT2D eigenvalue weighted by Gasteiger charge is 2.49. The molecular weight excluding hydrogens is 311 g/mol. The van der Waals surface area contributed by atoms with Gasteiger partial charge in [0.05, 0.1) is 20.1 Å². The van der Waals surface area contributed by atoms with E-state index in [-0.39, 0.29) is 24.8 Å². The summed E-state index contributed by atoms with van der Waals surface area (Å²) in [5.41, 5.74) is 2.04. The Morgan fingerprint density at radius 2 is 1.96 bits per heavy atom. The summed E-state index contributed by atoms with van der Waals surface area (Å²) in [6, 6.07) is 11.6. The van der Waals surface area contributed by atoms with Crippen LogP contribution < -0.4 is 4.74 Å². The van der Waals surface area contributed by atoms with Crippen molar-refractivity contribution >= 4 is 5.97 Å². The van der Waals surface area contributed by atoms with Gasteiger partial charge in [-0.2, -0.15) is 0 Å². The highest BCUT2D eigenvalue weighted by Crippen LogP contribution is 2.43. The molecule has 4 nitrogen and oxygen atoms in total. The molecule has 0 spiro atoms. The molecule has 0 bridgehead atoms. The van der Waals surface area contributed by atoms with Crippen molar-refractivity contribution in [1.82, 2.24) is 0 Å². The normalized spacial score (nSPS) is 19.0. The van der Waals surface area contributed by atoms with E-state index in [2.05, 4.69) is 0 Å². The van der Waals surface area contributed by atoms with Gasteiger partial charge in [-0.05, 0) is 36.2 Å². The van der Waals surface area contributed by atoms with Crippen LogP contribution in [0, 0.1) is 12.7 Å². The second-order valence-electron chi connectivity index (χ2n) is 5.95. The second-order valence-corrected chi connectivity index (χ2v) is 5.95. The average molecular weight is 330 g/mol. The largest absolute Gasteiger partial charge is 0.496 e. The Morgan fingerprint density at radius 1 is 1.25 bits per heavy atom. The summed E-state index contributed by atoms with van der Waals surface area (Å²) < 4.78 is 29.2. The van der Waals surface area contributed by atoms with Gasteiger partial charge in [0.15, 0.2) is 5.60 Å². The van der Waals surface area contributed by atoms with Crippen LogP contribution in [0.3, 0.4) is 0 Å². The third-order valence-electron chi connectivity index (χ3n) is 4.07. The zero-order valence-electron chi connectivity index (χ0n) is 13.7. The molecule has 0 amide bonds. The van der Waals surface area contributed by atoms with Crippen LogP contribution in [0.15, 0.2) is 42.5 Å². The maximum atomic E-state index is 12.9. The first-order valence-corrected chi connectivity index (χ1v) is 7.71. The summed E-state index contributed by atoms with van der Waals surface area (Å²) in [6.45, 7) is 2.60. The summed E-state index contributed by atoms with van der Waals surface area (Å²) in [4.78, 5) is 12.0. The fourth-order valence-corrected chi connectivity index (χ4v) is 2.60. The molecule has 3 rings (SSSR count). The van der Waals surface area contributed by atoms with Gasteiger partial charge in [-0.1, -0.05) is 24.3 Å². The molecule has 24 heavy (non-hydrogen) atoms. The third-order valence-corrected chi connectivity index (χ3v) is 4.07. The first-order valence-electron chi connectivity index (χ1n) is 7.71. The van der Waals surface area contributed by atoms with Crippen LogP contribution in [0.1, 0.15) is 16.7 Å². The van der Waals surface area contributed by atoms with Crippen LogP contribution >= 0.6 is 0 Å². The van der Waals surface area contributed by atoms with E-state index in [9.17, 15) is 9.18 Å². The lowest BCUT2D eigenvalue weighted by atomic mass is 9.98. The smallest absolute Gasteiger partial charge is 0.310 e. The Balaban J connectivity index is 1.63. The molecule has 2 aromatic rings. The highest BCUT2D eigenvalue weighted by molar-refractivity contribution is 5.72. The maximum absolute atomic E-state index is 12.9. The van der Waals surface area contributed by atoms with Gasteiger partial charge in [-0.15, -0.1) is 0 Å². The number of hydrogen-bond acceptors (Lipinski definition) is 4. The van der Waals surface area contributed by atoms with Crippen LogP contribution in [0.2, 0.25) is 0 Å². The number of hydrogen-bond donors (Lipinski definition) is 0. The van der Waals surface area contributed by atoms with Gasteiger partial charge in [0.25, 0.3) is 0 Å². The predicted molar refractivity (Wildman–Crippen MR) is 86.4 cm³/mol. The molecule has 1 fully saturated rings. The Labute approximate surface area is 140 Å². The lowest BCUT2D eigenvalue weighted by molar-refractivity contribution is -0.144. The van der Waals surface area contributed by atoms with Crippen molar-refractivity contribution in [2.75, 3.05) is 20.3 Å². The molecule has 2 aromatic carbocycles. The molecule has 126 valence electrons. The first kappa shape index (κ1) is 16.5. The zero-order valence-corrected chi connectivity index (χ0v) is 13.7. The quantitative estimate of drug-likeness (QED) is 0.603. The summed E-state index contributed by atoms with van der Waals surface area (Å²) >= 11 is 0. The third kappa shape index (κ3) is 3.57. The number of aryl methyl sites for hydroxylation is 1. The molecule has 0 aliphatic carbocycles. The van der Waals surface area contributed by atoms with Gasteiger partial charge in [-0.3, -0.25) is 4.79 Å². The number of methoxy groups -OCH3 is 1. The number of esters is 1. The SMILES string of the molecule is COc1cc(C)ccc1C1(COC(=O)Cc2ccc(F)cc2)CO1. The molecule has 1 unspecified atom stereocenters. The molecule has 5 heteroatoms. The number of carbonyl (C=O) groups excluding carboxylic acids is 1. The van der Waals surface area contributed by atoms with Crippen molar-refractivity contribution < 1.29 is 23.4 Å². The average Bonchev–Trinajstić information content (AvgIpc) is 3.36. The molecule has 1 aliphatic heterocycles. The highest BCUT2D eigenvalue weighted by atomic mass is 19.1. The van der Waals surface area contributed by atoms with Crippen molar-refractivity contribution in [3.8, 4) is 5.75 Å². The van der Waals surface area contributed by atoms with Gasteiger partial charge in [0, 0.05) is 5.56 Å². The van der Waals surface area contributed by atoms with Crippen LogP contribution in [0.4, 0.5) is 4.39 Å². The predicted octanol–water partition coefficient (Wildman–Crippen LogP) is 3.15. The topological polar surface area (TPSA) is 48.1 Å². The molecule has 1 heterocycles. The standard InChI is InChI=1S/C19H19FO4/c1-13-3-8-16(17(9-13)22-2)19(12-24-19)11-23-18(21)10-14-4-6-15(20)7-5-14/h3-9H,10-12H2,1-2H3. The van der Waals surface area contributed by atoms with Crippen molar-refractivity contribution in [1.29, 1.82) is 0 Å². The molecule has 0 N–H and O–H groups in total. The molecule has 0 aromatic heterocycles. The van der Waals surface area contributed by atoms with Gasteiger partial charge >= 0.3 is 5.97 Å². The number of ether oxygens (including phenoxy) is 3. The second kappa shape index (κ2) is 6.61. The molecule has 1 aliphatic rings. The summed E-state index contributed by atoms with van der Waals surface area (Å²) in [6.07, 6.45) is 0.0986. The van der Waals surface area contributed by atoms with E-state index in [0.717, 1.165) is 16.9 Å². The summed E-state index contributed by atoms with van der Waals surface area (Å²) in [7, 11) is 1.61. The van der Waals surface area contributed by atoms with Crippen molar-refractivity contribution in [3.05, 3.63) is 65.0 Å². The van der Waals surface area contributed by atoms with Crippen molar-refractivity contribution in [2.45, 2.75) is 18.9 Å². The monoisotopic (exact) mass is 330 g/mol. The van der Waals surface area contributed by atoms with Crippen molar-refractivity contribution in [3.63, 3.8) is 0 Å². The van der Waals surface area contributed by atoms with Crippen LogP contribution in [-0.2, 0) is 26.3 Å². The van der Waals surface area contributed by atoms with Gasteiger partial charge in [0.1, 0.15) is 18.2 Å². The number of carbonyl (C=O) groups is 1. The molecular formula is C19H19FO4. The molecule has 1 saturated heterocycles. The minimum Gasteiger partial charge on any atom is -0.496 e. The molecule has 1 atom stereocenters. The minimum absolute atomic E-state index is 0.0986. The lowest BCUT2D eigenvalue weighted by Crippen LogP contribution is -2.22. The Kier molecular flexibility index (Phi) is 4.53. The maximum Gasteiger partial charge on any atom is 0.310 e. The Morgan fingerprint density at radius 3 is 2.58 bits per heavy atom. The van der Waals surface area contributed by atoms with E-state index >= 15 is 0 Å². The fraction of sp³-hybridized carbons (Fsp3) is 0.316. The number of rotatable bonds is 6. The number of benzene rings is 2. The van der Waals surface area contributed by atoms with E-state index in [1.54, 1.807) is 19.2 Å². The zero-order chi connectivity index (χ0) is 17.2. The number of halogens is 1. The van der Waals surface area contributed by atoms with E-state index in [1.807, 2.05) is 25.1 Å². The molecule has 0 saturated carbocycles. The van der Waals surface area contributed by atoms with Crippen LogP contribution in [0.5, 0.6) is 5.75 Å². The lowest BCUT2D eigenvalue weighted by Gasteiger charge is -2.16. The van der Waals surface area contributed by atoms with E-state index in [0.29, 0.717) is 12.2 Å². The van der Waals surface area contributed by atoms with Crippen LogP contribution in [-0.4, -0.2) is 26.3 Å². The minimum atomic E-state index is -0.627. The van der Waals surface area contributed by atoms with E-state index < -0.39 is 5.60 Å². The van der Waals surface area contributed by atoms with Crippen molar-refractivity contribution in [2.24, 2.45) is 0 Å².